The van der Waals surface area contributed by atoms with Gasteiger partial charge in [0.1, 0.15) is 0 Å². The van der Waals surface area contributed by atoms with Crippen LogP contribution in [-0.4, -0.2) is 61.0 Å². The van der Waals surface area contributed by atoms with E-state index in [9.17, 15) is 4.79 Å². The summed E-state index contributed by atoms with van der Waals surface area (Å²) in [5, 5.41) is 3.36. The summed E-state index contributed by atoms with van der Waals surface area (Å²) in [6.07, 6.45) is 2.60. The van der Waals surface area contributed by atoms with Crippen LogP contribution in [0.25, 0.3) is 0 Å². The topological polar surface area (TPSA) is 48.7 Å². The lowest BCUT2D eigenvalue weighted by Crippen LogP contribution is -2.49. The Kier molecular flexibility index (Phi) is 3.91. The van der Waals surface area contributed by atoms with Gasteiger partial charge in [0.15, 0.2) is 0 Å². The van der Waals surface area contributed by atoms with E-state index in [2.05, 4.69) is 26.1 Å². The molecule has 2 saturated heterocycles. The van der Waals surface area contributed by atoms with E-state index in [0.29, 0.717) is 11.8 Å². The fourth-order valence-electron chi connectivity index (χ4n) is 2.86. The molecular formula is C13H18BrN3O2. The smallest absolute Gasteiger partial charge is 0.290 e. The fourth-order valence-corrected chi connectivity index (χ4v) is 3.23. The molecular weight excluding hydrogens is 310 g/mol. The first kappa shape index (κ1) is 13.1. The molecule has 0 aliphatic carbocycles. The van der Waals surface area contributed by atoms with E-state index in [1.807, 2.05) is 4.90 Å². The number of rotatable bonds is 2. The van der Waals surface area contributed by atoms with Gasteiger partial charge in [-0.05, 0) is 28.4 Å². The predicted octanol–water partition coefficient (Wildman–Crippen LogP) is 1.16. The highest BCUT2D eigenvalue weighted by atomic mass is 79.9. The summed E-state index contributed by atoms with van der Waals surface area (Å²) in [6, 6.07) is 2.26. The molecule has 6 heteroatoms. The summed E-state index contributed by atoms with van der Waals surface area (Å²) >= 11 is 3.35. The van der Waals surface area contributed by atoms with Gasteiger partial charge >= 0.3 is 0 Å². The van der Waals surface area contributed by atoms with Crippen LogP contribution in [0.3, 0.4) is 0 Å². The molecule has 0 radical (unpaired) electrons. The second kappa shape index (κ2) is 5.64. The van der Waals surface area contributed by atoms with Crippen LogP contribution in [0.1, 0.15) is 17.0 Å². The Morgan fingerprint density at radius 1 is 1.37 bits per heavy atom. The van der Waals surface area contributed by atoms with Gasteiger partial charge in [0, 0.05) is 45.3 Å². The SMILES string of the molecule is O=C(c1occc1Br)N1CCC(N2CCNCC2)C1. The molecule has 5 nitrogen and oxygen atoms in total. The summed E-state index contributed by atoms with van der Waals surface area (Å²) in [4.78, 5) is 16.7. The molecule has 2 aliphatic heterocycles. The number of amides is 1. The third-order valence-electron chi connectivity index (χ3n) is 3.93. The molecule has 3 rings (SSSR count). The average molecular weight is 328 g/mol. The molecule has 19 heavy (non-hydrogen) atoms. The maximum Gasteiger partial charge on any atom is 0.290 e. The highest BCUT2D eigenvalue weighted by Gasteiger charge is 2.32. The zero-order valence-corrected chi connectivity index (χ0v) is 12.4. The van der Waals surface area contributed by atoms with E-state index in [1.54, 1.807) is 12.3 Å². The van der Waals surface area contributed by atoms with Gasteiger partial charge in [-0.25, -0.2) is 0 Å². The summed E-state index contributed by atoms with van der Waals surface area (Å²) in [5.41, 5.74) is 0. The number of nitrogens with one attached hydrogen (secondary N) is 1. The van der Waals surface area contributed by atoms with Crippen LogP contribution in [0.15, 0.2) is 21.2 Å². The molecule has 1 amide bonds. The molecule has 1 unspecified atom stereocenters. The van der Waals surface area contributed by atoms with Crippen molar-refractivity contribution >= 4 is 21.8 Å². The van der Waals surface area contributed by atoms with Crippen LogP contribution in [0, 0.1) is 0 Å². The van der Waals surface area contributed by atoms with Gasteiger partial charge in [-0.15, -0.1) is 0 Å². The maximum absolute atomic E-state index is 12.3. The van der Waals surface area contributed by atoms with Crippen molar-refractivity contribution < 1.29 is 9.21 Å². The minimum atomic E-state index is -0.00508. The molecule has 2 aliphatic rings. The number of hydrogen-bond donors (Lipinski definition) is 1. The molecule has 0 aromatic carbocycles. The number of piperazine rings is 1. The van der Waals surface area contributed by atoms with Crippen LogP contribution in [0.5, 0.6) is 0 Å². The summed E-state index contributed by atoms with van der Waals surface area (Å²) in [7, 11) is 0. The summed E-state index contributed by atoms with van der Waals surface area (Å²) < 4.78 is 6.00. The van der Waals surface area contributed by atoms with Gasteiger partial charge in [-0.2, -0.15) is 0 Å². The van der Waals surface area contributed by atoms with Gasteiger partial charge in [0.05, 0.1) is 10.7 Å². The Bertz CT molecular complexity index is 456. The van der Waals surface area contributed by atoms with Crippen molar-refractivity contribution in [3.63, 3.8) is 0 Å². The zero-order chi connectivity index (χ0) is 13.2. The van der Waals surface area contributed by atoms with E-state index < -0.39 is 0 Å². The van der Waals surface area contributed by atoms with Crippen molar-refractivity contribution in [2.24, 2.45) is 0 Å². The zero-order valence-electron chi connectivity index (χ0n) is 10.8. The number of furan rings is 1. The molecule has 1 aromatic rings. The number of halogens is 1. The molecule has 0 saturated carbocycles. The molecule has 3 heterocycles. The highest BCUT2D eigenvalue weighted by molar-refractivity contribution is 9.10. The van der Waals surface area contributed by atoms with E-state index in [1.165, 1.54) is 0 Å². The van der Waals surface area contributed by atoms with Crippen molar-refractivity contribution in [1.29, 1.82) is 0 Å². The fraction of sp³-hybridized carbons (Fsp3) is 0.615. The standard InChI is InChI=1S/C13H18BrN3O2/c14-11-2-8-19-12(11)13(18)17-5-1-10(9-17)16-6-3-15-4-7-16/h2,8,10,15H,1,3-7,9H2. The van der Waals surface area contributed by atoms with Gasteiger partial charge in [0.2, 0.25) is 5.76 Å². The first-order valence-electron chi connectivity index (χ1n) is 6.73. The van der Waals surface area contributed by atoms with Crippen LogP contribution in [0.4, 0.5) is 0 Å². The van der Waals surface area contributed by atoms with E-state index in [4.69, 9.17) is 4.42 Å². The first-order valence-corrected chi connectivity index (χ1v) is 7.52. The summed E-state index contributed by atoms with van der Waals surface area (Å²) in [6.45, 7) is 5.89. The van der Waals surface area contributed by atoms with Crippen LogP contribution in [0.2, 0.25) is 0 Å². The van der Waals surface area contributed by atoms with Crippen molar-refractivity contribution in [2.75, 3.05) is 39.3 Å². The number of carbonyl (C=O) groups is 1. The van der Waals surface area contributed by atoms with Crippen LogP contribution >= 0.6 is 15.9 Å². The van der Waals surface area contributed by atoms with Gasteiger partial charge in [-0.1, -0.05) is 0 Å². The van der Waals surface area contributed by atoms with E-state index >= 15 is 0 Å². The molecule has 0 spiro atoms. The molecule has 104 valence electrons. The van der Waals surface area contributed by atoms with Gasteiger partial charge < -0.3 is 14.6 Å². The number of nitrogens with zero attached hydrogens (tertiary/aromatic N) is 2. The first-order chi connectivity index (χ1) is 9.25. The van der Waals surface area contributed by atoms with Crippen LogP contribution in [-0.2, 0) is 0 Å². The third-order valence-corrected chi connectivity index (χ3v) is 4.55. The lowest BCUT2D eigenvalue weighted by molar-refractivity contribution is 0.0741. The molecule has 2 fully saturated rings. The Morgan fingerprint density at radius 2 is 2.16 bits per heavy atom. The highest BCUT2D eigenvalue weighted by Crippen LogP contribution is 2.23. The van der Waals surface area contributed by atoms with Crippen molar-refractivity contribution in [1.82, 2.24) is 15.1 Å². The lowest BCUT2D eigenvalue weighted by Gasteiger charge is -2.32. The van der Waals surface area contributed by atoms with Gasteiger partial charge in [0.25, 0.3) is 5.91 Å². The minimum Gasteiger partial charge on any atom is -0.458 e. The normalized spacial score (nSPS) is 24.9. The Balaban J connectivity index is 1.62. The predicted molar refractivity (Wildman–Crippen MR) is 75.2 cm³/mol. The van der Waals surface area contributed by atoms with Crippen molar-refractivity contribution in [3.8, 4) is 0 Å². The molecule has 1 N–H and O–H groups in total. The van der Waals surface area contributed by atoms with Crippen molar-refractivity contribution in [2.45, 2.75) is 12.5 Å². The Hall–Kier alpha value is -0.850. The number of carbonyl (C=O) groups excluding carboxylic acids is 1. The molecule has 1 aromatic heterocycles. The number of likely N-dealkylation sites (tertiary alicyclic amines) is 1. The third kappa shape index (κ3) is 2.70. The van der Waals surface area contributed by atoms with Crippen LogP contribution < -0.4 is 5.32 Å². The van der Waals surface area contributed by atoms with Gasteiger partial charge in [-0.3, -0.25) is 9.69 Å². The van der Waals surface area contributed by atoms with Crippen molar-refractivity contribution in [3.05, 3.63) is 22.6 Å². The summed E-state index contributed by atoms with van der Waals surface area (Å²) in [5.74, 6) is 0.412. The second-order valence-electron chi connectivity index (χ2n) is 5.08. The molecule has 1 atom stereocenters. The second-order valence-corrected chi connectivity index (χ2v) is 5.93. The van der Waals surface area contributed by atoms with E-state index in [0.717, 1.165) is 50.2 Å². The van der Waals surface area contributed by atoms with E-state index in [-0.39, 0.29) is 5.91 Å². The largest absolute Gasteiger partial charge is 0.458 e. The maximum atomic E-state index is 12.3. The Morgan fingerprint density at radius 3 is 2.84 bits per heavy atom. The lowest BCUT2D eigenvalue weighted by atomic mass is 10.2. The average Bonchev–Trinajstić information content (AvgIpc) is 3.08. The molecule has 0 bridgehead atoms. The Labute approximate surface area is 121 Å². The quantitative estimate of drug-likeness (QED) is 0.885. The minimum absolute atomic E-state index is 0.00508. The monoisotopic (exact) mass is 327 g/mol. The number of hydrogen-bond acceptors (Lipinski definition) is 4.